The summed E-state index contributed by atoms with van der Waals surface area (Å²) in [7, 11) is 1.67. The topological polar surface area (TPSA) is 52.0 Å². The molecule has 1 N–H and O–H groups in total. The third-order valence-corrected chi connectivity index (χ3v) is 5.42. The van der Waals surface area contributed by atoms with Crippen molar-refractivity contribution in [3.8, 4) is 22.6 Å². The Morgan fingerprint density at radius 2 is 1.58 bits per heavy atom. The predicted molar refractivity (Wildman–Crippen MR) is 125 cm³/mol. The molecule has 31 heavy (non-hydrogen) atoms. The van der Waals surface area contributed by atoms with Crippen molar-refractivity contribution in [2.45, 2.75) is 6.92 Å². The number of nitrogens with zero attached hydrogens (tertiary/aromatic N) is 3. The second-order valence-electron chi connectivity index (χ2n) is 7.34. The van der Waals surface area contributed by atoms with Crippen molar-refractivity contribution >= 4 is 22.5 Å². The van der Waals surface area contributed by atoms with E-state index in [0.717, 1.165) is 50.7 Å². The van der Waals surface area contributed by atoms with Crippen LogP contribution in [0, 0.1) is 6.92 Å². The van der Waals surface area contributed by atoms with Crippen LogP contribution < -0.4 is 10.1 Å². The highest BCUT2D eigenvalue weighted by Crippen LogP contribution is 2.36. The number of methoxy groups -OCH3 is 1. The number of ether oxygens (including phenoxy) is 1. The highest BCUT2D eigenvalue weighted by molar-refractivity contribution is 6.03. The molecular weight excluding hydrogens is 384 g/mol. The molecule has 0 amide bonds. The van der Waals surface area contributed by atoms with Gasteiger partial charge in [-0.25, -0.2) is 9.97 Å². The van der Waals surface area contributed by atoms with E-state index >= 15 is 0 Å². The zero-order valence-corrected chi connectivity index (χ0v) is 17.4. The molecule has 3 aromatic carbocycles. The number of benzene rings is 3. The third-order valence-electron chi connectivity index (χ3n) is 5.42. The number of anilines is 2. The lowest BCUT2D eigenvalue weighted by Gasteiger charge is -2.11. The van der Waals surface area contributed by atoms with E-state index in [1.807, 2.05) is 54.6 Å². The molecular formula is C26H22N4O. The number of rotatable bonds is 5. The van der Waals surface area contributed by atoms with E-state index in [1.54, 1.807) is 13.4 Å². The SMILES string of the molecule is COc1ccc(-n2cc(-c3ccccc3)c3c(Nc4ccccc4C)ncnc32)cc1. The first-order valence-corrected chi connectivity index (χ1v) is 10.1. The van der Waals surface area contributed by atoms with Crippen molar-refractivity contribution in [3.05, 3.63) is 97.0 Å². The van der Waals surface area contributed by atoms with E-state index in [9.17, 15) is 0 Å². The van der Waals surface area contributed by atoms with Crippen LogP contribution in [0.2, 0.25) is 0 Å². The van der Waals surface area contributed by atoms with Gasteiger partial charge in [0.15, 0.2) is 5.65 Å². The van der Waals surface area contributed by atoms with Crippen LogP contribution in [0.3, 0.4) is 0 Å². The van der Waals surface area contributed by atoms with Crippen LogP contribution in [0.25, 0.3) is 27.8 Å². The molecule has 5 aromatic rings. The fraction of sp³-hybridized carbons (Fsp3) is 0.0769. The lowest BCUT2D eigenvalue weighted by Crippen LogP contribution is -1.99. The molecule has 0 atom stereocenters. The van der Waals surface area contributed by atoms with Gasteiger partial charge in [-0.3, -0.25) is 0 Å². The van der Waals surface area contributed by atoms with Crippen LogP contribution in [0.5, 0.6) is 5.75 Å². The third kappa shape index (κ3) is 3.51. The van der Waals surface area contributed by atoms with Gasteiger partial charge >= 0.3 is 0 Å². The number of hydrogen-bond acceptors (Lipinski definition) is 4. The van der Waals surface area contributed by atoms with Gasteiger partial charge in [0.2, 0.25) is 0 Å². The Balaban J connectivity index is 1.73. The van der Waals surface area contributed by atoms with Crippen LogP contribution in [-0.2, 0) is 0 Å². The molecule has 0 aliphatic carbocycles. The van der Waals surface area contributed by atoms with Crippen molar-refractivity contribution < 1.29 is 4.74 Å². The van der Waals surface area contributed by atoms with Gasteiger partial charge in [0.05, 0.1) is 12.5 Å². The molecule has 0 fully saturated rings. The molecule has 5 rings (SSSR count). The molecule has 2 aromatic heterocycles. The van der Waals surface area contributed by atoms with Crippen molar-refractivity contribution in [1.29, 1.82) is 0 Å². The van der Waals surface area contributed by atoms with E-state index in [1.165, 1.54) is 0 Å². The van der Waals surface area contributed by atoms with Gasteiger partial charge in [0.25, 0.3) is 0 Å². The average molecular weight is 406 g/mol. The normalized spacial score (nSPS) is 10.9. The van der Waals surface area contributed by atoms with Gasteiger partial charge in [-0.1, -0.05) is 48.5 Å². The first-order valence-electron chi connectivity index (χ1n) is 10.1. The quantitative estimate of drug-likeness (QED) is 0.380. The Kier molecular flexibility index (Phi) is 4.84. The molecule has 0 aliphatic heterocycles. The summed E-state index contributed by atoms with van der Waals surface area (Å²) in [6.45, 7) is 2.08. The summed E-state index contributed by atoms with van der Waals surface area (Å²) in [6.07, 6.45) is 3.73. The van der Waals surface area contributed by atoms with Gasteiger partial charge in [0.1, 0.15) is 17.9 Å². The Labute approximate surface area is 181 Å². The van der Waals surface area contributed by atoms with Gasteiger partial charge in [-0.15, -0.1) is 0 Å². The van der Waals surface area contributed by atoms with Crippen LogP contribution >= 0.6 is 0 Å². The van der Waals surface area contributed by atoms with E-state index in [2.05, 4.69) is 57.2 Å². The Morgan fingerprint density at radius 3 is 2.32 bits per heavy atom. The smallest absolute Gasteiger partial charge is 0.150 e. The number of para-hydroxylation sites is 1. The summed E-state index contributed by atoms with van der Waals surface area (Å²) in [5, 5.41) is 4.50. The summed E-state index contributed by atoms with van der Waals surface area (Å²) in [5.41, 5.74) is 6.22. The Bertz CT molecular complexity index is 1340. The number of fused-ring (bicyclic) bond motifs is 1. The highest BCUT2D eigenvalue weighted by atomic mass is 16.5. The van der Waals surface area contributed by atoms with Crippen LogP contribution in [-0.4, -0.2) is 21.6 Å². The molecule has 0 radical (unpaired) electrons. The molecule has 5 nitrogen and oxygen atoms in total. The fourth-order valence-corrected chi connectivity index (χ4v) is 3.77. The maximum absolute atomic E-state index is 5.32. The van der Waals surface area contributed by atoms with Crippen molar-refractivity contribution in [1.82, 2.24) is 14.5 Å². The average Bonchev–Trinajstić information content (AvgIpc) is 3.22. The number of hydrogen-bond donors (Lipinski definition) is 1. The lowest BCUT2D eigenvalue weighted by molar-refractivity contribution is 0.415. The maximum atomic E-state index is 5.32. The highest BCUT2D eigenvalue weighted by Gasteiger charge is 2.18. The van der Waals surface area contributed by atoms with Crippen LogP contribution in [0.15, 0.2) is 91.4 Å². The largest absolute Gasteiger partial charge is 0.497 e. The van der Waals surface area contributed by atoms with Crippen LogP contribution in [0.4, 0.5) is 11.5 Å². The zero-order chi connectivity index (χ0) is 21.2. The van der Waals surface area contributed by atoms with Crippen molar-refractivity contribution in [2.24, 2.45) is 0 Å². The molecule has 152 valence electrons. The second kappa shape index (κ2) is 7.95. The fourth-order valence-electron chi connectivity index (χ4n) is 3.77. The number of aryl methyl sites for hydroxylation is 1. The maximum Gasteiger partial charge on any atom is 0.150 e. The van der Waals surface area contributed by atoms with Crippen molar-refractivity contribution in [2.75, 3.05) is 12.4 Å². The predicted octanol–water partition coefficient (Wildman–Crippen LogP) is 6.15. The Morgan fingerprint density at radius 1 is 0.839 bits per heavy atom. The molecule has 2 heterocycles. The summed E-state index contributed by atoms with van der Waals surface area (Å²) in [4.78, 5) is 9.26. The molecule has 0 spiro atoms. The standard InChI is InChI=1S/C26H22N4O/c1-18-8-6-7-11-23(18)29-25-24-22(19-9-4-3-5-10-19)16-30(26(24)28-17-27-25)20-12-14-21(31-2)15-13-20/h3-17H,1-2H3,(H,27,28,29). The molecule has 0 saturated carbocycles. The molecule has 5 heteroatoms. The Hall–Kier alpha value is -4.12. The van der Waals surface area contributed by atoms with E-state index in [-0.39, 0.29) is 0 Å². The lowest BCUT2D eigenvalue weighted by atomic mass is 10.1. The van der Waals surface area contributed by atoms with Gasteiger partial charge < -0.3 is 14.6 Å². The summed E-state index contributed by atoms with van der Waals surface area (Å²) < 4.78 is 7.42. The number of nitrogens with one attached hydrogen (secondary N) is 1. The van der Waals surface area contributed by atoms with E-state index in [4.69, 9.17) is 4.74 Å². The van der Waals surface area contributed by atoms with Gasteiger partial charge in [-0.2, -0.15) is 0 Å². The minimum absolute atomic E-state index is 0.783. The van der Waals surface area contributed by atoms with Gasteiger partial charge in [-0.05, 0) is 48.4 Å². The first-order chi connectivity index (χ1) is 15.2. The summed E-state index contributed by atoms with van der Waals surface area (Å²) >= 11 is 0. The van der Waals surface area contributed by atoms with Crippen molar-refractivity contribution in [3.63, 3.8) is 0 Å². The molecule has 0 saturated heterocycles. The summed E-state index contributed by atoms with van der Waals surface area (Å²) in [5.74, 6) is 1.60. The van der Waals surface area contributed by atoms with E-state index < -0.39 is 0 Å². The molecule has 0 aliphatic rings. The number of aromatic nitrogens is 3. The molecule has 0 bridgehead atoms. The zero-order valence-electron chi connectivity index (χ0n) is 17.4. The minimum atomic E-state index is 0.783. The second-order valence-corrected chi connectivity index (χ2v) is 7.34. The van der Waals surface area contributed by atoms with Crippen LogP contribution in [0.1, 0.15) is 5.56 Å². The molecule has 0 unspecified atom stereocenters. The van der Waals surface area contributed by atoms with E-state index in [0.29, 0.717) is 0 Å². The van der Waals surface area contributed by atoms with Gasteiger partial charge in [0, 0.05) is 23.1 Å². The summed E-state index contributed by atoms with van der Waals surface area (Å²) in [6, 6.07) is 26.5. The monoisotopic (exact) mass is 406 g/mol. The minimum Gasteiger partial charge on any atom is -0.497 e. The first kappa shape index (κ1) is 18.9.